The minimum absolute atomic E-state index is 0.278. The number of aliphatic hydroxyl groups excluding tert-OH is 1. The van der Waals surface area contributed by atoms with Gasteiger partial charge in [0.05, 0.1) is 6.10 Å². The van der Waals surface area contributed by atoms with E-state index < -0.39 is 0 Å². The molecule has 1 unspecified atom stereocenters. The van der Waals surface area contributed by atoms with Gasteiger partial charge < -0.3 is 5.11 Å². The molecule has 1 heterocycles. The molecule has 0 saturated heterocycles. The molecule has 3 rings (SSSR count). The van der Waals surface area contributed by atoms with Crippen molar-refractivity contribution < 1.29 is 5.11 Å². The Hall–Kier alpha value is -1.12. The molecule has 1 fully saturated rings. The topological polar surface area (TPSA) is 20.2 Å². The van der Waals surface area contributed by atoms with Crippen molar-refractivity contribution >= 4 is 11.3 Å². The van der Waals surface area contributed by atoms with Gasteiger partial charge in [-0.25, -0.2) is 0 Å². The third-order valence-electron chi connectivity index (χ3n) is 3.35. The van der Waals surface area contributed by atoms with Crippen molar-refractivity contribution in [2.45, 2.75) is 39.2 Å². The summed E-state index contributed by atoms with van der Waals surface area (Å²) in [5, 5.41) is 12.1. The normalized spacial score (nSPS) is 15.5. The number of hydrogen-bond donors (Lipinski definition) is 1. The molecule has 0 spiro atoms. The molecular formula is C17H22OS. The second-order valence-electron chi connectivity index (χ2n) is 4.79. The highest BCUT2D eigenvalue weighted by Crippen LogP contribution is 2.37. The molecule has 2 heteroatoms. The fourth-order valence-electron chi connectivity index (χ4n) is 2.12. The van der Waals surface area contributed by atoms with E-state index >= 15 is 0 Å². The minimum atomic E-state index is -0.278. The van der Waals surface area contributed by atoms with Crippen molar-refractivity contribution in [1.82, 2.24) is 0 Å². The smallest absolute Gasteiger partial charge is 0.0792 e. The van der Waals surface area contributed by atoms with Crippen LogP contribution in [0.5, 0.6) is 0 Å². The Morgan fingerprint density at radius 1 is 1.16 bits per heavy atom. The third kappa shape index (κ3) is 3.92. The van der Waals surface area contributed by atoms with Crippen molar-refractivity contribution in [3.63, 3.8) is 0 Å². The van der Waals surface area contributed by atoms with Gasteiger partial charge in [0.1, 0.15) is 0 Å². The number of rotatable bonds is 4. The molecule has 0 radical (unpaired) electrons. The van der Waals surface area contributed by atoms with Crippen LogP contribution >= 0.6 is 11.3 Å². The van der Waals surface area contributed by atoms with E-state index in [1.54, 1.807) is 11.3 Å². The average Bonchev–Trinajstić information content (AvgIpc) is 3.11. The van der Waals surface area contributed by atoms with Gasteiger partial charge in [0.2, 0.25) is 0 Å². The van der Waals surface area contributed by atoms with E-state index in [0.717, 1.165) is 17.9 Å². The summed E-state index contributed by atoms with van der Waals surface area (Å²) in [6.45, 7) is 4.00. The molecule has 1 N–H and O–H groups in total. The molecule has 2 aromatic rings. The first-order valence-electron chi connectivity index (χ1n) is 7.15. The van der Waals surface area contributed by atoms with Gasteiger partial charge in [-0.3, -0.25) is 0 Å². The molecule has 1 aromatic carbocycles. The van der Waals surface area contributed by atoms with Crippen molar-refractivity contribution in [3.05, 3.63) is 47.3 Å². The average molecular weight is 274 g/mol. The Morgan fingerprint density at radius 3 is 2.37 bits per heavy atom. The summed E-state index contributed by atoms with van der Waals surface area (Å²) in [6, 6.07) is 12.5. The highest BCUT2D eigenvalue weighted by Gasteiger charge is 2.25. The van der Waals surface area contributed by atoms with E-state index in [2.05, 4.69) is 41.8 Å². The zero-order chi connectivity index (χ0) is 13.7. The largest absolute Gasteiger partial charge is 0.388 e. The van der Waals surface area contributed by atoms with E-state index in [0.29, 0.717) is 0 Å². The van der Waals surface area contributed by atoms with Gasteiger partial charge in [-0.1, -0.05) is 57.0 Å². The summed E-state index contributed by atoms with van der Waals surface area (Å²) < 4.78 is 0. The van der Waals surface area contributed by atoms with Gasteiger partial charge in [-0.05, 0) is 34.9 Å². The molecule has 1 aliphatic rings. The van der Waals surface area contributed by atoms with Crippen LogP contribution in [0.25, 0.3) is 10.4 Å². The minimum Gasteiger partial charge on any atom is -0.388 e. The quantitative estimate of drug-likeness (QED) is 0.804. The van der Waals surface area contributed by atoms with Gasteiger partial charge in [0, 0.05) is 4.88 Å². The highest BCUT2D eigenvalue weighted by atomic mass is 32.1. The molecule has 1 nitrogen and oxygen atoms in total. The molecule has 1 aliphatic carbocycles. The lowest BCUT2D eigenvalue weighted by atomic mass is 10.0. The van der Waals surface area contributed by atoms with Gasteiger partial charge in [0.15, 0.2) is 0 Å². The van der Waals surface area contributed by atoms with Crippen LogP contribution < -0.4 is 0 Å². The second kappa shape index (κ2) is 6.88. The fourth-order valence-corrected chi connectivity index (χ4v) is 2.85. The number of hydrogen-bond acceptors (Lipinski definition) is 2. The number of thiophene rings is 1. The molecular weight excluding hydrogens is 252 g/mol. The van der Waals surface area contributed by atoms with E-state index in [1.165, 1.54) is 23.3 Å². The van der Waals surface area contributed by atoms with Crippen molar-refractivity contribution in [2.24, 2.45) is 5.92 Å². The van der Waals surface area contributed by atoms with Crippen LogP contribution in [0.1, 0.15) is 44.8 Å². The summed E-state index contributed by atoms with van der Waals surface area (Å²) in [5.41, 5.74) is 2.29. The van der Waals surface area contributed by atoms with Gasteiger partial charge in [0.25, 0.3) is 0 Å². The molecule has 0 amide bonds. The van der Waals surface area contributed by atoms with Crippen molar-refractivity contribution in [3.8, 4) is 10.4 Å². The van der Waals surface area contributed by atoms with Crippen LogP contribution in [0.3, 0.4) is 0 Å². The van der Waals surface area contributed by atoms with Crippen LogP contribution in [0, 0.1) is 5.92 Å². The summed E-state index contributed by atoms with van der Waals surface area (Å²) in [4.78, 5) is 1.29. The zero-order valence-electron chi connectivity index (χ0n) is 11.7. The lowest BCUT2D eigenvalue weighted by Crippen LogP contribution is -1.97. The molecule has 1 saturated carbocycles. The number of aliphatic hydroxyl groups is 1. The Morgan fingerprint density at radius 2 is 1.84 bits per heavy atom. The lowest BCUT2D eigenvalue weighted by molar-refractivity contribution is 0.160. The summed E-state index contributed by atoms with van der Waals surface area (Å²) in [5.74, 6) is 0.766. The summed E-state index contributed by atoms with van der Waals surface area (Å²) in [7, 11) is 0. The monoisotopic (exact) mass is 274 g/mol. The molecule has 0 aliphatic heterocycles. The molecule has 1 atom stereocenters. The predicted octanol–water partition coefficient (Wildman–Crippen LogP) is 5.27. The van der Waals surface area contributed by atoms with Gasteiger partial charge in [-0.2, -0.15) is 0 Å². The van der Waals surface area contributed by atoms with Crippen molar-refractivity contribution in [1.29, 1.82) is 0 Å². The predicted molar refractivity (Wildman–Crippen MR) is 83.4 cm³/mol. The molecule has 1 aromatic heterocycles. The Balaban J connectivity index is 0.000000637. The zero-order valence-corrected chi connectivity index (χ0v) is 12.5. The van der Waals surface area contributed by atoms with Gasteiger partial charge >= 0.3 is 0 Å². The fraction of sp³-hybridized carbons (Fsp3) is 0.412. The van der Waals surface area contributed by atoms with E-state index in [1.807, 2.05) is 13.8 Å². The summed E-state index contributed by atoms with van der Waals surface area (Å²) in [6.07, 6.45) is 3.24. The Kier molecular flexibility index (Phi) is 5.17. The van der Waals surface area contributed by atoms with Crippen LogP contribution in [-0.2, 0) is 0 Å². The Labute approximate surface area is 119 Å². The van der Waals surface area contributed by atoms with Crippen LogP contribution in [0.4, 0.5) is 0 Å². The standard InChI is InChI=1S/C15H16OS.C2H6/c16-14(10-11-3-4-11)12-5-7-13(8-6-12)15-2-1-9-17-15;1-2/h1-2,5-9,11,14,16H,3-4,10H2;1-2H3. The maximum Gasteiger partial charge on any atom is 0.0792 e. The summed E-state index contributed by atoms with van der Waals surface area (Å²) >= 11 is 1.75. The number of benzene rings is 1. The van der Waals surface area contributed by atoms with Gasteiger partial charge in [-0.15, -0.1) is 11.3 Å². The Bertz CT molecular complexity index is 468. The van der Waals surface area contributed by atoms with E-state index in [-0.39, 0.29) is 6.10 Å². The van der Waals surface area contributed by atoms with Crippen molar-refractivity contribution in [2.75, 3.05) is 0 Å². The second-order valence-corrected chi connectivity index (χ2v) is 5.74. The first-order chi connectivity index (χ1) is 9.33. The van der Waals surface area contributed by atoms with Crippen LogP contribution in [0.15, 0.2) is 41.8 Å². The van der Waals surface area contributed by atoms with Crippen LogP contribution in [0.2, 0.25) is 0 Å². The molecule has 0 bridgehead atoms. The highest BCUT2D eigenvalue weighted by molar-refractivity contribution is 7.13. The third-order valence-corrected chi connectivity index (χ3v) is 4.27. The van der Waals surface area contributed by atoms with Crippen LogP contribution in [-0.4, -0.2) is 5.11 Å². The maximum atomic E-state index is 10.1. The van der Waals surface area contributed by atoms with E-state index in [9.17, 15) is 5.11 Å². The maximum absolute atomic E-state index is 10.1. The van der Waals surface area contributed by atoms with E-state index in [4.69, 9.17) is 0 Å². The first-order valence-corrected chi connectivity index (χ1v) is 8.03. The SMILES string of the molecule is CC.OC(CC1CC1)c1ccc(-c2cccs2)cc1. The molecule has 19 heavy (non-hydrogen) atoms. The molecule has 102 valence electrons. The lowest BCUT2D eigenvalue weighted by Gasteiger charge is -2.10. The first kappa shape index (κ1) is 14.3.